The first-order valence-electron chi connectivity index (χ1n) is 5.11. The molecule has 0 aromatic carbocycles. The first-order chi connectivity index (χ1) is 6.76. The van der Waals surface area contributed by atoms with E-state index in [4.69, 9.17) is 0 Å². The molecule has 0 radical (unpaired) electrons. The molecular weight excluding hydrogens is 190 g/mol. The third-order valence-electron chi connectivity index (χ3n) is 2.51. The number of nitrogens with one attached hydrogen (secondary N) is 1. The van der Waals surface area contributed by atoms with Gasteiger partial charge in [0, 0.05) is 6.04 Å². The van der Waals surface area contributed by atoms with Crippen LogP contribution < -0.4 is 5.32 Å². The zero-order valence-corrected chi connectivity index (χ0v) is 9.86. The van der Waals surface area contributed by atoms with Crippen LogP contribution in [0.4, 0.5) is 0 Å². The van der Waals surface area contributed by atoms with E-state index in [1.165, 1.54) is 11.1 Å². The number of thiophene rings is 1. The van der Waals surface area contributed by atoms with Crippen LogP contribution in [0.15, 0.2) is 29.0 Å². The van der Waals surface area contributed by atoms with E-state index < -0.39 is 0 Å². The second-order valence-electron chi connectivity index (χ2n) is 3.63. The van der Waals surface area contributed by atoms with Crippen LogP contribution in [0.5, 0.6) is 0 Å². The lowest BCUT2D eigenvalue weighted by Gasteiger charge is -2.16. The maximum absolute atomic E-state index is 4.05. The molecule has 0 amide bonds. The summed E-state index contributed by atoms with van der Waals surface area (Å²) in [7, 11) is 2.03. The Morgan fingerprint density at radius 1 is 1.64 bits per heavy atom. The van der Waals surface area contributed by atoms with E-state index in [1.807, 2.05) is 7.05 Å². The Labute approximate surface area is 90.9 Å². The second kappa shape index (κ2) is 5.99. The Morgan fingerprint density at radius 3 is 2.93 bits per heavy atom. The van der Waals surface area contributed by atoms with E-state index in [0.29, 0.717) is 6.04 Å². The zero-order valence-electron chi connectivity index (χ0n) is 9.05. The molecule has 0 aliphatic heterocycles. The Hall–Kier alpha value is -0.600. The van der Waals surface area contributed by atoms with E-state index in [9.17, 15) is 0 Å². The maximum Gasteiger partial charge on any atom is 0.0142 e. The van der Waals surface area contributed by atoms with Crippen molar-refractivity contribution in [3.8, 4) is 0 Å². The van der Waals surface area contributed by atoms with Gasteiger partial charge in [-0.25, -0.2) is 0 Å². The van der Waals surface area contributed by atoms with Gasteiger partial charge in [0.05, 0.1) is 0 Å². The maximum atomic E-state index is 4.05. The smallest absolute Gasteiger partial charge is 0.0142 e. The van der Waals surface area contributed by atoms with Gasteiger partial charge in [0.15, 0.2) is 0 Å². The van der Waals surface area contributed by atoms with Crippen molar-refractivity contribution in [3.63, 3.8) is 0 Å². The Bertz CT molecular complexity index is 264. The first kappa shape index (κ1) is 11.5. The van der Waals surface area contributed by atoms with E-state index in [-0.39, 0.29) is 0 Å². The van der Waals surface area contributed by atoms with Crippen molar-refractivity contribution in [2.45, 2.75) is 32.2 Å². The minimum Gasteiger partial charge on any atom is -0.316 e. The third kappa shape index (κ3) is 3.64. The SMILES string of the molecule is C=C(CC)CC(Cc1ccsc1)NC. The van der Waals surface area contributed by atoms with Gasteiger partial charge >= 0.3 is 0 Å². The third-order valence-corrected chi connectivity index (χ3v) is 3.24. The van der Waals surface area contributed by atoms with E-state index in [0.717, 1.165) is 19.3 Å². The van der Waals surface area contributed by atoms with Crippen molar-refractivity contribution in [2.24, 2.45) is 0 Å². The molecule has 1 atom stereocenters. The van der Waals surface area contributed by atoms with Crippen molar-refractivity contribution in [2.75, 3.05) is 7.05 Å². The molecular formula is C12H19NS. The normalized spacial score (nSPS) is 12.7. The van der Waals surface area contributed by atoms with Crippen LogP contribution in [0.25, 0.3) is 0 Å². The quantitative estimate of drug-likeness (QED) is 0.709. The number of likely N-dealkylation sites (N-methyl/N-ethyl adjacent to an activating group) is 1. The molecule has 1 aromatic rings. The van der Waals surface area contributed by atoms with Crippen LogP contribution in [0, 0.1) is 0 Å². The van der Waals surface area contributed by atoms with Crippen LogP contribution in [0.3, 0.4) is 0 Å². The Balaban J connectivity index is 2.43. The largest absolute Gasteiger partial charge is 0.316 e. The zero-order chi connectivity index (χ0) is 10.4. The van der Waals surface area contributed by atoms with Crippen LogP contribution in [-0.2, 0) is 6.42 Å². The van der Waals surface area contributed by atoms with Crippen molar-refractivity contribution in [1.82, 2.24) is 5.32 Å². The Kier molecular flexibility index (Phi) is 4.91. The highest BCUT2D eigenvalue weighted by Crippen LogP contribution is 2.14. The van der Waals surface area contributed by atoms with E-state index in [1.54, 1.807) is 11.3 Å². The van der Waals surface area contributed by atoms with Crippen molar-refractivity contribution < 1.29 is 0 Å². The minimum absolute atomic E-state index is 0.539. The molecule has 1 N–H and O–H groups in total. The van der Waals surface area contributed by atoms with Crippen LogP contribution >= 0.6 is 11.3 Å². The van der Waals surface area contributed by atoms with Gasteiger partial charge in [0.2, 0.25) is 0 Å². The van der Waals surface area contributed by atoms with Gasteiger partial charge in [-0.15, -0.1) is 0 Å². The summed E-state index contributed by atoms with van der Waals surface area (Å²) in [5, 5.41) is 7.71. The molecule has 1 nitrogen and oxygen atoms in total. The standard InChI is InChI=1S/C12H19NS/c1-4-10(2)7-12(13-3)8-11-5-6-14-9-11/h5-6,9,12-13H,2,4,7-8H2,1,3H3. The van der Waals surface area contributed by atoms with Gasteiger partial charge in [-0.3, -0.25) is 0 Å². The van der Waals surface area contributed by atoms with Crippen LogP contribution in [0.2, 0.25) is 0 Å². The van der Waals surface area contributed by atoms with Crippen molar-refractivity contribution in [1.29, 1.82) is 0 Å². The fourth-order valence-corrected chi connectivity index (χ4v) is 2.14. The van der Waals surface area contributed by atoms with Crippen LogP contribution in [-0.4, -0.2) is 13.1 Å². The molecule has 78 valence electrons. The molecule has 14 heavy (non-hydrogen) atoms. The lowest BCUT2D eigenvalue weighted by Crippen LogP contribution is -2.27. The summed E-state index contributed by atoms with van der Waals surface area (Å²) in [5.74, 6) is 0. The summed E-state index contributed by atoms with van der Waals surface area (Å²) in [6.45, 7) is 6.22. The molecule has 0 bridgehead atoms. The fourth-order valence-electron chi connectivity index (χ4n) is 1.46. The van der Waals surface area contributed by atoms with Gasteiger partial charge in [0.1, 0.15) is 0 Å². The molecule has 1 heterocycles. The molecule has 0 saturated carbocycles. The number of rotatable bonds is 6. The summed E-state index contributed by atoms with van der Waals surface area (Å²) < 4.78 is 0. The number of hydrogen-bond donors (Lipinski definition) is 1. The second-order valence-corrected chi connectivity index (χ2v) is 4.41. The summed E-state index contributed by atoms with van der Waals surface area (Å²) in [5.41, 5.74) is 2.76. The lowest BCUT2D eigenvalue weighted by atomic mass is 10.0. The van der Waals surface area contributed by atoms with Gasteiger partial charge < -0.3 is 5.32 Å². The minimum atomic E-state index is 0.539. The monoisotopic (exact) mass is 209 g/mol. The Morgan fingerprint density at radius 2 is 2.43 bits per heavy atom. The predicted molar refractivity (Wildman–Crippen MR) is 64.9 cm³/mol. The molecule has 0 aliphatic carbocycles. The first-order valence-corrected chi connectivity index (χ1v) is 6.05. The molecule has 0 spiro atoms. The molecule has 2 heteroatoms. The van der Waals surface area contributed by atoms with Crippen LogP contribution in [0.1, 0.15) is 25.3 Å². The molecule has 1 aromatic heterocycles. The molecule has 1 rings (SSSR count). The van der Waals surface area contributed by atoms with Gasteiger partial charge in [-0.05, 0) is 48.7 Å². The highest BCUT2D eigenvalue weighted by atomic mass is 32.1. The molecule has 0 saturated heterocycles. The average molecular weight is 209 g/mol. The predicted octanol–water partition coefficient (Wildman–Crippen LogP) is 3.23. The highest BCUT2D eigenvalue weighted by Gasteiger charge is 2.08. The highest BCUT2D eigenvalue weighted by molar-refractivity contribution is 7.07. The van der Waals surface area contributed by atoms with Crippen molar-refractivity contribution in [3.05, 3.63) is 34.5 Å². The van der Waals surface area contributed by atoms with Gasteiger partial charge in [0.25, 0.3) is 0 Å². The summed E-state index contributed by atoms with van der Waals surface area (Å²) in [4.78, 5) is 0. The fraction of sp³-hybridized carbons (Fsp3) is 0.500. The summed E-state index contributed by atoms with van der Waals surface area (Å²) in [6.07, 6.45) is 3.28. The van der Waals surface area contributed by atoms with E-state index in [2.05, 4.69) is 35.6 Å². The molecule has 1 unspecified atom stereocenters. The van der Waals surface area contributed by atoms with Gasteiger partial charge in [-0.1, -0.05) is 19.1 Å². The van der Waals surface area contributed by atoms with Gasteiger partial charge in [-0.2, -0.15) is 11.3 Å². The summed E-state index contributed by atoms with van der Waals surface area (Å²) in [6, 6.07) is 2.74. The number of hydrogen-bond acceptors (Lipinski definition) is 2. The molecule has 0 aliphatic rings. The topological polar surface area (TPSA) is 12.0 Å². The average Bonchev–Trinajstić information content (AvgIpc) is 2.69. The summed E-state index contributed by atoms with van der Waals surface area (Å²) >= 11 is 1.77. The van der Waals surface area contributed by atoms with E-state index >= 15 is 0 Å². The van der Waals surface area contributed by atoms with Crippen molar-refractivity contribution >= 4 is 11.3 Å². The molecule has 0 fully saturated rings. The lowest BCUT2D eigenvalue weighted by molar-refractivity contribution is 0.550.